The fourth-order valence-electron chi connectivity index (χ4n) is 2.46. The molecule has 2 rings (SSSR count). The third-order valence-electron chi connectivity index (χ3n) is 3.40. The van der Waals surface area contributed by atoms with Crippen molar-refractivity contribution >= 4 is 6.03 Å². The highest BCUT2D eigenvalue weighted by Gasteiger charge is 2.36. The molecule has 0 bridgehead atoms. The van der Waals surface area contributed by atoms with Gasteiger partial charge in [0.1, 0.15) is 0 Å². The second kappa shape index (κ2) is 5.07. The summed E-state index contributed by atoms with van der Waals surface area (Å²) in [6.45, 7) is 4.57. The van der Waals surface area contributed by atoms with Crippen LogP contribution < -0.4 is 10.6 Å². The minimum absolute atomic E-state index is 0.228. The Labute approximate surface area is 112 Å². The Bertz CT molecular complexity index is 480. The number of carbonyl (C=O) groups excluding carboxylic acids is 1. The van der Waals surface area contributed by atoms with E-state index in [2.05, 4.69) is 24.5 Å². The number of urea groups is 1. The molecule has 0 heterocycles. The van der Waals surface area contributed by atoms with Gasteiger partial charge < -0.3 is 15.7 Å². The molecule has 1 saturated carbocycles. The summed E-state index contributed by atoms with van der Waals surface area (Å²) in [6, 6.07) is 4.05. The number of rotatable bonds is 3. The van der Waals surface area contributed by atoms with Crippen LogP contribution in [0.1, 0.15) is 32.3 Å². The molecular formula is C14H19FN2O2. The molecule has 0 atom stereocenters. The summed E-state index contributed by atoms with van der Waals surface area (Å²) in [5, 5.41) is 14.6. The number of halogens is 1. The molecule has 2 amide bonds. The number of benzene rings is 1. The lowest BCUT2D eigenvalue weighted by Gasteiger charge is -2.42. The van der Waals surface area contributed by atoms with Gasteiger partial charge in [-0.05, 0) is 36.0 Å². The number of hydrogen-bond acceptors (Lipinski definition) is 2. The van der Waals surface area contributed by atoms with E-state index in [0.717, 1.165) is 12.8 Å². The van der Waals surface area contributed by atoms with E-state index in [9.17, 15) is 9.18 Å². The summed E-state index contributed by atoms with van der Waals surface area (Å²) < 4.78 is 13.1. The predicted molar refractivity (Wildman–Crippen MR) is 70.2 cm³/mol. The Morgan fingerprint density at radius 3 is 2.74 bits per heavy atom. The predicted octanol–water partition coefficient (Wildman–Crippen LogP) is 2.52. The fourth-order valence-corrected chi connectivity index (χ4v) is 2.46. The van der Waals surface area contributed by atoms with Gasteiger partial charge in [0.05, 0.1) is 0 Å². The van der Waals surface area contributed by atoms with Gasteiger partial charge in [0, 0.05) is 12.6 Å². The second-order valence-electron chi connectivity index (χ2n) is 5.88. The largest absolute Gasteiger partial charge is 0.505 e. The molecule has 4 nitrogen and oxygen atoms in total. The molecule has 3 N–H and O–H groups in total. The van der Waals surface area contributed by atoms with E-state index in [4.69, 9.17) is 5.11 Å². The Balaban J connectivity index is 1.76. The molecule has 5 heteroatoms. The van der Waals surface area contributed by atoms with E-state index >= 15 is 0 Å². The highest BCUT2D eigenvalue weighted by Crippen LogP contribution is 2.39. The van der Waals surface area contributed by atoms with Gasteiger partial charge in [0.2, 0.25) is 0 Å². The average molecular weight is 266 g/mol. The number of hydrogen-bond donors (Lipinski definition) is 3. The fraction of sp³-hybridized carbons (Fsp3) is 0.500. The third-order valence-corrected chi connectivity index (χ3v) is 3.40. The number of amides is 2. The zero-order valence-electron chi connectivity index (χ0n) is 11.2. The highest BCUT2D eigenvalue weighted by molar-refractivity contribution is 5.74. The van der Waals surface area contributed by atoms with Crippen LogP contribution in [0.2, 0.25) is 0 Å². The van der Waals surface area contributed by atoms with E-state index in [-0.39, 0.29) is 24.4 Å². The number of nitrogens with one attached hydrogen (secondary N) is 2. The van der Waals surface area contributed by atoms with Gasteiger partial charge >= 0.3 is 6.03 Å². The van der Waals surface area contributed by atoms with Crippen molar-refractivity contribution in [1.82, 2.24) is 10.6 Å². The lowest BCUT2D eigenvalue weighted by atomic mass is 9.68. The lowest BCUT2D eigenvalue weighted by Crippen LogP contribution is -2.51. The molecule has 1 aliphatic carbocycles. The van der Waals surface area contributed by atoms with Crippen LogP contribution in [-0.4, -0.2) is 17.2 Å². The van der Waals surface area contributed by atoms with Gasteiger partial charge in [-0.2, -0.15) is 0 Å². The van der Waals surface area contributed by atoms with Crippen molar-refractivity contribution in [3.8, 4) is 5.75 Å². The van der Waals surface area contributed by atoms with Crippen molar-refractivity contribution in [2.24, 2.45) is 5.41 Å². The molecule has 0 aromatic heterocycles. The van der Waals surface area contributed by atoms with Gasteiger partial charge in [0.25, 0.3) is 0 Å². The van der Waals surface area contributed by atoms with E-state index in [0.29, 0.717) is 11.0 Å². The van der Waals surface area contributed by atoms with Crippen LogP contribution in [0.3, 0.4) is 0 Å². The Morgan fingerprint density at radius 1 is 1.47 bits per heavy atom. The summed E-state index contributed by atoms with van der Waals surface area (Å²) in [4.78, 5) is 11.6. The van der Waals surface area contributed by atoms with Crippen molar-refractivity contribution in [2.75, 3.05) is 0 Å². The van der Waals surface area contributed by atoms with Crippen LogP contribution in [0.25, 0.3) is 0 Å². The lowest BCUT2D eigenvalue weighted by molar-refractivity contribution is 0.130. The summed E-state index contributed by atoms with van der Waals surface area (Å²) in [5.74, 6) is -1.06. The summed E-state index contributed by atoms with van der Waals surface area (Å²) >= 11 is 0. The van der Waals surface area contributed by atoms with Crippen LogP contribution in [-0.2, 0) is 6.54 Å². The van der Waals surface area contributed by atoms with Crippen LogP contribution >= 0.6 is 0 Å². The van der Waals surface area contributed by atoms with E-state index in [1.54, 1.807) is 6.07 Å². The van der Waals surface area contributed by atoms with Crippen molar-refractivity contribution in [1.29, 1.82) is 0 Å². The third kappa shape index (κ3) is 3.59. The Kier molecular flexibility index (Phi) is 3.64. The van der Waals surface area contributed by atoms with Crippen LogP contribution in [0.4, 0.5) is 9.18 Å². The van der Waals surface area contributed by atoms with E-state index < -0.39 is 5.82 Å². The van der Waals surface area contributed by atoms with Crippen LogP contribution in [0.15, 0.2) is 18.2 Å². The molecule has 1 aliphatic rings. The minimum Gasteiger partial charge on any atom is -0.505 e. The molecule has 0 spiro atoms. The first-order valence-corrected chi connectivity index (χ1v) is 6.37. The molecule has 0 saturated heterocycles. The maximum absolute atomic E-state index is 13.1. The summed E-state index contributed by atoms with van der Waals surface area (Å²) in [5.41, 5.74) is 0.928. The first-order valence-electron chi connectivity index (χ1n) is 6.37. The zero-order valence-corrected chi connectivity index (χ0v) is 11.2. The number of carbonyl (C=O) groups is 1. The number of aromatic hydroxyl groups is 1. The molecule has 104 valence electrons. The first kappa shape index (κ1) is 13.6. The van der Waals surface area contributed by atoms with Crippen LogP contribution in [0.5, 0.6) is 5.75 Å². The second-order valence-corrected chi connectivity index (χ2v) is 5.88. The van der Waals surface area contributed by atoms with Gasteiger partial charge in [0.15, 0.2) is 11.6 Å². The molecule has 19 heavy (non-hydrogen) atoms. The minimum atomic E-state index is -0.680. The Hall–Kier alpha value is -1.78. The molecular weight excluding hydrogens is 247 g/mol. The standard InChI is InChI=1S/C14H19FN2O2/c1-14(2)6-10(7-14)17-13(19)16-8-9-3-4-12(18)11(15)5-9/h3-5,10,18H,6-8H2,1-2H3,(H2,16,17,19). The van der Waals surface area contributed by atoms with Gasteiger partial charge in [-0.25, -0.2) is 9.18 Å². The van der Waals surface area contributed by atoms with Gasteiger partial charge in [-0.15, -0.1) is 0 Å². The van der Waals surface area contributed by atoms with Gasteiger partial charge in [-0.3, -0.25) is 0 Å². The number of phenols is 1. The normalized spacial score (nSPS) is 17.6. The molecule has 1 aromatic rings. The quantitative estimate of drug-likeness (QED) is 0.787. The molecule has 1 fully saturated rings. The van der Waals surface area contributed by atoms with E-state index in [1.807, 2.05) is 0 Å². The monoisotopic (exact) mass is 266 g/mol. The SMILES string of the molecule is CC1(C)CC(NC(=O)NCc2ccc(O)c(F)c2)C1. The molecule has 1 aromatic carbocycles. The molecule has 0 radical (unpaired) electrons. The van der Waals surface area contributed by atoms with Crippen molar-refractivity contribution in [3.05, 3.63) is 29.6 Å². The Morgan fingerprint density at radius 2 is 2.16 bits per heavy atom. The van der Waals surface area contributed by atoms with Crippen molar-refractivity contribution in [2.45, 2.75) is 39.3 Å². The highest BCUT2D eigenvalue weighted by atomic mass is 19.1. The van der Waals surface area contributed by atoms with Gasteiger partial charge in [-0.1, -0.05) is 19.9 Å². The number of phenolic OH excluding ortho intramolecular Hbond substituents is 1. The zero-order chi connectivity index (χ0) is 14.0. The molecule has 0 unspecified atom stereocenters. The van der Waals surface area contributed by atoms with Crippen molar-refractivity contribution < 1.29 is 14.3 Å². The van der Waals surface area contributed by atoms with Crippen molar-refractivity contribution in [3.63, 3.8) is 0 Å². The van der Waals surface area contributed by atoms with E-state index in [1.165, 1.54) is 12.1 Å². The topological polar surface area (TPSA) is 61.4 Å². The maximum Gasteiger partial charge on any atom is 0.315 e. The van der Waals surface area contributed by atoms with Crippen LogP contribution in [0, 0.1) is 11.2 Å². The smallest absolute Gasteiger partial charge is 0.315 e. The molecule has 0 aliphatic heterocycles. The average Bonchev–Trinajstić information content (AvgIpc) is 2.28. The first-order chi connectivity index (χ1) is 8.85. The summed E-state index contributed by atoms with van der Waals surface area (Å²) in [7, 11) is 0. The maximum atomic E-state index is 13.1. The summed E-state index contributed by atoms with van der Waals surface area (Å²) in [6.07, 6.45) is 1.96.